The summed E-state index contributed by atoms with van der Waals surface area (Å²) in [6.07, 6.45) is 5.50. The van der Waals surface area contributed by atoms with Crippen LogP contribution in [0.2, 0.25) is 0 Å². The predicted molar refractivity (Wildman–Crippen MR) is 107 cm³/mol. The Labute approximate surface area is 163 Å². The molecule has 24 heavy (non-hydrogen) atoms. The van der Waals surface area contributed by atoms with Crippen LogP contribution in [0.15, 0.2) is 4.99 Å². The number of morpholine rings is 1. The van der Waals surface area contributed by atoms with Gasteiger partial charge in [-0.1, -0.05) is 0 Å². The monoisotopic (exact) mass is 452 g/mol. The van der Waals surface area contributed by atoms with Gasteiger partial charge in [0, 0.05) is 45.9 Å². The van der Waals surface area contributed by atoms with Crippen molar-refractivity contribution in [3.8, 4) is 0 Å². The molecule has 0 aliphatic carbocycles. The van der Waals surface area contributed by atoms with E-state index in [0.717, 1.165) is 58.2 Å². The molecule has 6 nitrogen and oxygen atoms in total. The lowest BCUT2D eigenvalue weighted by molar-refractivity contribution is -0.0456. The zero-order valence-corrected chi connectivity index (χ0v) is 17.4. The van der Waals surface area contributed by atoms with Crippen molar-refractivity contribution in [1.82, 2.24) is 15.1 Å². The summed E-state index contributed by atoms with van der Waals surface area (Å²) in [6.45, 7) is 8.96. The molecule has 0 aromatic heterocycles. The topological polar surface area (TPSA) is 49.3 Å². The van der Waals surface area contributed by atoms with Gasteiger partial charge in [0.05, 0.1) is 18.8 Å². The first-order chi connectivity index (χ1) is 11.3. The Bertz CT molecular complexity index is 402. The fourth-order valence-electron chi connectivity index (χ4n) is 4.02. The lowest BCUT2D eigenvalue weighted by atomic mass is 10.1. The molecule has 3 heterocycles. The minimum absolute atomic E-state index is 0. The zero-order chi connectivity index (χ0) is 16.1. The van der Waals surface area contributed by atoms with Crippen LogP contribution in [0.4, 0.5) is 0 Å². The number of hydrogen-bond acceptors (Lipinski definition) is 4. The van der Waals surface area contributed by atoms with Crippen molar-refractivity contribution in [3.63, 3.8) is 0 Å². The molecule has 0 radical (unpaired) electrons. The van der Waals surface area contributed by atoms with Crippen LogP contribution in [0.25, 0.3) is 0 Å². The van der Waals surface area contributed by atoms with Crippen LogP contribution in [0.5, 0.6) is 0 Å². The Hall–Kier alpha value is -0.120. The van der Waals surface area contributed by atoms with Gasteiger partial charge < -0.3 is 19.7 Å². The van der Waals surface area contributed by atoms with E-state index in [1.807, 2.05) is 7.05 Å². The van der Waals surface area contributed by atoms with Gasteiger partial charge in [-0.3, -0.25) is 9.89 Å². The summed E-state index contributed by atoms with van der Waals surface area (Å²) in [5.41, 5.74) is 0. The number of halogens is 1. The molecule has 2 atom stereocenters. The number of nitrogens with zero attached hydrogens (tertiary/aromatic N) is 3. The fraction of sp³-hybridized carbons (Fsp3) is 0.941. The molecule has 3 fully saturated rings. The number of likely N-dealkylation sites (tertiary alicyclic amines) is 1. The summed E-state index contributed by atoms with van der Waals surface area (Å²) < 4.78 is 11.8. The first-order valence-corrected chi connectivity index (χ1v) is 9.23. The summed E-state index contributed by atoms with van der Waals surface area (Å²) >= 11 is 0. The fourth-order valence-corrected chi connectivity index (χ4v) is 4.02. The van der Waals surface area contributed by atoms with E-state index in [9.17, 15) is 0 Å². The van der Waals surface area contributed by atoms with Crippen molar-refractivity contribution >= 4 is 29.9 Å². The highest BCUT2D eigenvalue weighted by Crippen LogP contribution is 2.22. The average molecular weight is 452 g/mol. The van der Waals surface area contributed by atoms with Crippen LogP contribution >= 0.6 is 24.0 Å². The van der Waals surface area contributed by atoms with Crippen LogP contribution in [0.3, 0.4) is 0 Å². The van der Waals surface area contributed by atoms with Crippen LogP contribution < -0.4 is 5.32 Å². The molecular formula is C17H33IN4O2. The van der Waals surface area contributed by atoms with Gasteiger partial charge in [-0.2, -0.15) is 0 Å². The molecule has 3 rings (SSSR count). The molecule has 3 aliphatic heterocycles. The van der Waals surface area contributed by atoms with E-state index in [4.69, 9.17) is 9.47 Å². The molecule has 0 amide bonds. The van der Waals surface area contributed by atoms with Crippen LogP contribution in [-0.2, 0) is 9.47 Å². The number of nitrogens with one attached hydrogen (secondary N) is 1. The largest absolute Gasteiger partial charge is 0.378 e. The van der Waals surface area contributed by atoms with Gasteiger partial charge in [0.2, 0.25) is 0 Å². The Balaban J connectivity index is 0.00000208. The third-order valence-corrected chi connectivity index (χ3v) is 5.31. The maximum atomic E-state index is 6.03. The molecule has 3 aliphatic rings. The lowest BCUT2D eigenvalue weighted by Crippen LogP contribution is -2.53. The van der Waals surface area contributed by atoms with Gasteiger partial charge in [-0.25, -0.2) is 0 Å². The lowest BCUT2D eigenvalue weighted by Gasteiger charge is -2.37. The number of guanidine groups is 1. The van der Waals surface area contributed by atoms with Gasteiger partial charge in [-0.15, -0.1) is 24.0 Å². The Morgan fingerprint density at radius 1 is 1.25 bits per heavy atom. The molecule has 2 unspecified atom stereocenters. The number of aliphatic imine (C=N–C) groups is 1. The second-order valence-electron chi connectivity index (χ2n) is 6.82. The first kappa shape index (κ1) is 20.2. The summed E-state index contributed by atoms with van der Waals surface area (Å²) in [6, 6.07) is 0.670. The number of hydrogen-bond donors (Lipinski definition) is 1. The Kier molecular flexibility index (Phi) is 8.53. The van der Waals surface area contributed by atoms with E-state index in [0.29, 0.717) is 12.1 Å². The molecule has 3 saturated heterocycles. The Morgan fingerprint density at radius 2 is 2.04 bits per heavy atom. The first-order valence-electron chi connectivity index (χ1n) is 9.23. The summed E-state index contributed by atoms with van der Waals surface area (Å²) in [5.74, 6) is 1.01. The quantitative estimate of drug-likeness (QED) is 0.399. The summed E-state index contributed by atoms with van der Waals surface area (Å²) in [5, 5.41) is 3.52. The summed E-state index contributed by atoms with van der Waals surface area (Å²) in [4.78, 5) is 9.39. The van der Waals surface area contributed by atoms with Gasteiger partial charge in [0.25, 0.3) is 0 Å². The van der Waals surface area contributed by atoms with Gasteiger partial charge in [0.15, 0.2) is 5.96 Å². The molecular weight excluding hydrogens is 419 g/mol. The van der Waals surface area contributed by atoms with Crippen LogP contribution in [0.1, 0.15) is 32.6 Å². The van der Waals surface area contributed by atoms with E-state index in [1.165, 1.54) is 19.4 Å². The predicted octanol–water partition coefficient (Wildman–Crippen LogP) is 1.54. The standard InChI is InChI=1S/C17H32N4O2.HI/c1-3-22-15-6-9-20(10-7-15)17(18-2)19-11-16-12-21-8-4-5-14(21)13-23-16;/h14-16H,3-13H2,1-2H3,(H,18,19);1H. The van der Waals surface area contributed by atoms with E-state index >= 15 is 0 Å². The molecule has 140 valence electrons. The highest BCUT2D eigenvalue weighted by molar-refractivity contribution is 14.0. The van der Waals surface area contributed by atoms with Crippen molar-refractivity contribution in [2.45, 2.75) is 50.9 Å². The average Bonchev–Trinajstić information content (AvgIpc) is 3.05. The smallest absolute Gasteiger partial charge is 0.193 e. The van der Waals surface area contributed by atoms with Gasteiger partial charge in [-0.05, 0) is 39.2 Å². The second-order valence-corrected chi connectivity index (χ2v) is 6.82. The normalized spacial score (nSPS) is 29.2. The Morgan fingerprint density at radius 3 is 2.75 bits per heavy atom. The molecule has 1 N–H and O–H groups in total. The van der Waals surface area contributed by atoms with Crippen molar-refractivity contribution < 1.29 is 9.47 Å². The van der Waals surface area contributed by atoms with Gasteiger partial charge in [0.1, 0.15) is 0 Å². The maximum Gasteiger partial charge on any atom is 0.193 e. The molecule has 0 aromatic rings. The van der Waals surface area contributed by atoms with Crippen molar-refractivity contribution in [2.24, 2.45) is 4.99 Å². The van der Waals surface area contributed by atoms with Crippen LogP contribution in [-0.4, -0.2) is 87.0 Å². The minimum atomic E-state index is 0. The maximum absolute atomic E-state index is 6.03. The molecule has 0 spiro atoms. The van der Waals surface area contributed by atoms with Crippen LogP contribution in [0, 0.1) is 0 Å². The summed E-state index contributed by atoms with van der Waals surface area (Å²) in [7, 11) is 1.87. The third-order valence-electron chi connectivity index (χ3n) is 5.31. The number of ether oxygens (including phenoxy) is 2. The number of rotatable bonds is 4. The van der Waals surface area contributed by atoms with Crippen molar-refractivity contribution in [2.75, 3.05) is 53.0 Å². The van der Waals surface area contributed by atoms with E-state index in [2.05, 4.69) is 27.0 Å². The van der Waals surface area contributed by atoms with Crippen molar-refractivity contribution in [3.05, 3.63) is 0 Å². The number of fused-ring (bicyclic) bond motifs is 1. The number of piperidine rings is 1. The molecule has 0 aromatic carbocycles. The highest BCUT2D eigenvalue weighted by Gasteiger charge is 2.32. The molecule has 7 heteroatoms. The third kappa shape index (κ3) is 5.19. The SMILES string of the molecule is CCOC1CCN(C(=NC)NCC2CN3CCCC3CO2)CC1.I. The minimum Gasteiger partial charge on any atom is -0.378 e. The molecule has 0 bridgehead atoms. The van der Waals surface area contributed by atoms with E-state index < -0.39 is 0 Å². The van der Waals surface area contributed by atoms with Crippen molar-refractivity contribution in [1.29, 1.82) is 0 Å². The van der Waals surface area contributed by atoms with Gasteiger partial charge >= 0.3 is 0 Å². The zero-order valence-electron chi connectivity index (χ0n) is 15.1. The van der Waals surface area contributed by atoms with E-state index in [1.54, 1.807) is 0 Å². The second kappa shape index (κ2) is 10.1. The highest BCUT2D eigenvalue weighted by atomic mass is 127. The molecule has 0 saturated carbocycles. The van der Waals surface area contributed by atoms with E-state index in [-0.39, 0.29) is 30.1 Å².